The maximum atomic E-state index is 14.7. The van der Waals surface area contributed by atoms with E-state index in [1.54, 1.807) is 16.7 Å². The molecule has 6 atom stereocenters. The lowest BCUT2D eigenvalue weighted by atomic mass is 9.78. The summed E-state index contributed by atoms with van der Waals surface area (Å²) in [4.78, 5) is 49.0. The van der Waals surface area contributed by atoms with Gasteiger partial charge in [0.1, 0.15) is 6.04 Å². The highest BCUT2D eigenvalue weighted by Gasteiger charge is 2.71. The van der Waals surface area contributed by atoms with E-state index in [1.807, 2.05) is 82.6 Å². The molecule has 1 spiro atoms. The van der Waals surface area contributed by atoms with E-state index in [0.29, 0.717) is 32.6 Å². The van der Waals surface area contributed by atoms with Crippen molar-refractivity contribution in [2.24, 2.45) is 11.8 Å². The van der Waals surface area contributed by atoms with Gasteiger partial charge < -0.3 is 19.8 Å². The van der Waals surface area contributed by atoms with Crippen molar-refractivity contribution in [3.05, 3.63) is 96.1 Å². The minimum absolute atomic E-state index is 0.0457. The van der Waals surface area contributed by atoms with Gasteiger partial charge >= 0.3 is 0 Å². The lowest BCUT2D eigenvalue weighted by Crippen LogP contribution is -2.57. The number of hydrogen-bond donors (Lipinski definition) is 1. The second-order valence-corrected chi connectivity index (χ2v) is 13.6. The predicted octanol–water partition coefficient (Wildman–Crippen LogP) is 4.07. The standard InChI is InChI=1S/C35H41N3O4S/c1-2-3-10-19-36-21-12-18-35-30(29-28(43-35)17-11-20-37(32(29)40)23-26-15-8-5-9-16-26)33(41)38(31(35)34(36)42)27(24-39)22-25-13-6-4-7-14-25/h4-9,11-18,27-31,39H,2-3,10,19-24H2,1H3/t27-,28-,29+,30+,31?,35+/m1/s1. The molecule has 0 saturated carbocycles. The van der Waals surface area contributed by atoms with Crippen LogP contribution in [0.2, 0.25) is 0 Å². The summed E-state index contributed by atoms with van der Waals surface area (Å²) in [5.74, 6) is -1.60. The number of fused-ring (bicyclic) bond motifs is 2. The number of thioether (sulfide) groups is 1. The van der Waals surface area contributed by atoms with E-state index < -0.39 is 28.7 Å². The van der Waals surface area contributed by atoms with Crippen LogP contribution in [0.3, 0.4) is 0 Å². The third kappa shape index (κ3) is 5.44. The van der Waals surface area contributed by atoms with Crippen LogP contribution in [0.25, 0.3) is 0 Å². The van der Waals surface area contributed by atoms with Crippen molar-refractivity contribution in [1.82, 2.24) is 14.7 Å². The second kappa shape index (κ2) is 12.7. The molecule has 1 unspecified atom stereocenters. The quantitative estimate of drug-likeness (QED) is 0.329. The summed E-state index contributed by atoms with van der Waals surface area (Å²) in [5.41, 5.74) is 2.03. The van der Waals surface area contributed by atoms with Crippen LogP contribution < -0.4 is 0 Å². The van der Waals surface area contributed by atoms with Gasteiger partial charge in [0, 0.05) is 31.4 Å². The maximum absolute atomic E-state index is 14.7. The zero-order valence-electron chi connectivity index (χ0n) is 24.8. The second-order valence-electron chi connectivity index (χ2n) is 12.1. The average Bonchev–Trinajstić information content (AvgIpc) is 3.36. The normalized spacial score (nSPS) is 28.9. The zero-order valence-corrected chi connectivity index (χ0v) is 25.6. The van der Waals surface area contributed by atoms with Crippen LogP contribution in [0.15, 0.2) is 85.0 Å². The van der Waals surface area contributed by atoms with Gasteiger partial charge in [0.25, 0.3) is 0 Å². The smallest absolute Gasteiger partial charge is 0.247 e. The highest BCUT2D eigenvalue weighted by atomic mass is 32.2. The molecule has 4 heterocycles. The Morgan fingerprint density at radius 1 is 0.884 bits per heavy atom. The van der Waals surface area contributed by atoms with Gasteiger partial charge in [0.05, 0.1) is 29.2 Å². The number of rotatable bonds is 10. The van der Waals surface area contributed by atoms with Crippen LogP contribution in [0, 0.1) is 11.8 Å². The van der Waals surface area contributed by atoms with E-state index in [0.717, 1.165) is 30.4 Å². The van der Waals surface area contributed by atoms with Crippen LogP contribution >= 0.6 is 11.8 Å². The summed E-state index contributed by atoms with van der Waals surface area (Å²) in [6.45, 7) is 3.93. The van der Waals surface area contributed by atoms with Gasteiger partial charge in [0.2, 0.25) is 17.7 Å². The Morgan fingerprint density at radius 3 is 2.28 bits per heavy atom. The molecule has 7 nitrogen and oxygen atoms in total. The molecule has 2 aromatic rings. The van der Waals surface area contributed by atoms with Crippen molar-refractivity contribution in [3.8, 4) is 0 Å². The molecular weight excluding hydrogens is 558 g/mol. The zero-order chi connectivity index (χ0) is 30.0. The molecule has 0 aliphatic carbocycles. The fourth-order valence-corrected chi connectivity index (χ4v) is 9.40. The Balaban J connectivity index is 1.39. The third-order valence-corrected chi connectivity index (χ3v) is 11.2. The molecule has 2 fully saturated rings. The predicted molar refractivity (Wildman–Crippen MR) is 169 cm³/mol. The van der Waals surface area contributed by atoms with E-state index >= 15 is 0 Å². The van der Waals surface area contributed by atoms with Crippen molar-refractivity contribution >= 4 is 29.5 Å². The monoisotopic (exact) mass is 599 g/mol. The first-order chi connectivity index (χ1) is 21.0. The molecule has 2 aromatic carbocycles. The Kier molecular flexibility index (Phi) is 8.78. The Bertz CT molecular complexity index is 1380. The summed E-state index contributed by atoms with van der Waals surface area (Å²) in [6, 6.07) is 18.3. The van der Waals surface area contributed by atoms with E-state index in [9.17, 15) is 19.5 Å². The molecule has 0 bridgehead atoms. The SMILES string of the molecule is CCCCCN1CC=C[C@]23S[C@@H]4C=CCN(Cc5ccccc5)C(=O)[C@@H]4[C@H]2C(=O)N([C@@H](CO)Cc2ccccc2)C3C1=O. The number of aliphatic hydroxyl groups excluding tert-OH is 1. The lowest BCUT2D eigenvalue weighted by molar-refractivity contribution is -0.147. The van der Waals surface area contributed by atoms with Crippen LogP contribution in [-0.2, 0) is 27.3 Å². The van der Waals surface area contributed by atoms with Crippen molar-refractivity contribution in [1.29, 1.82) is 0 Å². The first-order valence-corrected chi connectivity index (χ1v) is 16.5. The molecule has 3 amide bonds. The van der Waals surface area contributed by atoms with Gasteiger partial charge in [0.15, 0.2) is 0 Å². The summed E-state index contributed by atoms with van der Waals surface area (Å²) in [7, 11) is 0. The summed E-state index contributed by atoms with van der Waals surface area (Å²) < 4.78 is -0.886. The minimum Gasteiger partial charge on any atom is -0.394 e. The largest absolute Gasteiger partial charge is 0.394 e. The van der Waals surface area contributed by atoms with Gasteiger partial charge in [-0.25, -0.2) is 0 Å². The number of carbonyl (C=O) groups excluding carboxylic acids is 3. The summed E-state index contributed by atoms with van der Waals surface area (Å²) in [6.07, 6.45) is 11.6. The average molecular weight is 600 g/mol. The van der Waals surface area contributed by atoms with Crippen molar-refractivity contribution in [2.75, 3.05) is 26.2 Å². The summed E-state index contributed by atoms with van der Waals surface area (Å²) in [5, 5.41) is 10.5. The molecule has 4 aliphatic rings. The fourth-order valence-electron chi connectivity index (χ4n) is 7.41. The molecule has 1 N–H and O–H groups in total. The number of hydrogen-bond acceptors (Lipinski definition) is 5. The van der Waals surface area contributed by atoms with E-state index in [1.165, 1.54) is 0 Å². The Morgan fingerprint density at radius 2 is 1.58 bits per heavy atom. The molecular formula is C35H41N3O4S. The summed E-state index contributed by atoms with van der Waals surface area (Å²) >= 11 is 1.60. The Labute approximate surface area is 258 Å². The van der Waals surface area contributed by atoms with Gasteiger partial charge in [-0.3, -0.25) is 14.4 Å². The first kappa shape index (κ1) is 29.7. The maximum Gasteiger partial charge on any atom is 0.247 e. The van der Waals surface area contributed by atoms with Gasteiger partial charge in [-0.05, 0) is 24.0 Å². The number of unbranched alkanes of at least 4 members (excludes halogenated alkanes) is 2. The van der Waals surface area contributed by atoms with Crippen molar-refractivity contribution < 1.29 is 19.5 Å². The van der Waals surface area contributed by atoms with E-state index in [4.69, 9.17) is 0 Å². The van der Waals surface area contributed by atoms with Gasteiger partial charge in [-0.15, -0.1) is 11.8 Å². The van der Waals surface area contributed by atoms with Gasteiger partial charge in [-0.1, -0.05) is 105 Å². The van der Waals surface area contributed by atoms with Crippen LogP contribution in [0.1, 0.15) is 37.3 Å². The third-order valence-electron chi connectivity index (χ3n) is 9.43. The number of nitrogens with zero attached hydrogens (tertiary/aromatic N) is 3. The van der Waals surface area contributed by atoms with E-state index in [-0.39, 0.29) is 29.6 Å². The number of likely N-dealkylation sites (tertiary alicyclic amines) is 1. The van der Waals surface area contributed by atoms with Crippen LogP contribution in [0.5, 0.6) is 0 Å². The lowest BCUT2D eigenvalue weighted by Gasteiger charge is -2.38. The first-order valence-electron chi connectivity index (χ1n) is 15.6. The molecule has 43 heavy (non-hydrogen) atoms. The Hall–Kier alpha value is -3.36. The van der Waals surface area contributed by atoms with Crippen LogP contribution in [-0.4, -0.2) is 85.8 Å². The number of carbonyl (C=O) groups is 3. The fraction of sp³-hybridized carbons (Fsp3) is 0.457. The molecule has 0 aromatic heterocycles. The van der Waals surface area contributed by atoms with Crippen molar-refractivity contribution in [2.45, 2.75) is 61.2 Å². The number of amides is 3. The van der Waals surface area contributed by atoms with Crippen LogP contribution in [0.4, 0.5) is 0 Å². The van der Waals surface area contributed by atoms with Crippen molar-refractivity contribution in [3.63, 3.8) is 0 Å². The van der Waals surface area contributed by atoms with E-state index in [2.05, 4.69) is 19.1 Å². The molecule has 2 saturated heterocycles. The number of aliphatic hydroxyl groups is 1. The number of benzene rings is 2. The minimum atomic E-state index is -0.886. The molecule has 226 valence electrons. The molecule has 8 heteroatoms. The topological polar surface area (TPSA) is 81.2 Å². The van der Waals surface area contributed by atoms with Gasteiger partial charge in [-0.2, -0.15) is 0 Å². The highest BCUT2D eigenvalue weighted by molar-refractivity contribution is 8.02. The molecule has 4 aliphatic heterocycles. The molecule has 6 rings (SSSR count). The molecule has 0 radical (unpaired) electrons. The highest BCUT2D eigenvalue weighted by Crippen LogP contribution is 2.61.